The van der Waals surface area contributed by atoms with E-state index in [9.17, 15) is 42.7 Å². The topological polar surface area (TPSA) is 180 Å². The van der Waals surface area contributed by atoms with Gasteiger partial charge >= 0.3 is 6.18 Å². The van der Waals surface area contributed by atoms with Crippen molar-refractivity contribution in [3.63, 3.8) is 0 Å². The summed E-state index contributed by atoms with van der Waals surface area (Å²) in [7, 11) is 0. The predicted octanol–water partition coefficient (Wildman–Crippen LogP) is 7.20. The van der Waals surface area contributed by atoms with Gasteiger partial charge in [0.15, 0.2) is 5.11 Å². The number of rotatable bonds is 17. The van der Waals surface area contributed by atoms with Crippen LogP contribution in [0.5, 0.6) is 0 Å². The lowest BCUT2D eigenvalue weighted by molar-refractivity contribution is -0.139. The molecular weight excluding hydrogens is 918 g/mol. The Kier molecular flexibility index (Phi) is 15.2. The average Bonchev–Trinajstić information content (AvgIpc) is 3.99. The van der Waals surface area contributed by atoms with Crippen LogP contribution in [0.3, 0.4) is 0 Å². The van der Waals surface area contributed by atoms with Crippen LogP contribution in [0.25, 0.3) is 21.6 Å². The van der Waals surface area contributed by atoms with Crippen molar-refractivity contribution in [3.05, 3.63) is 119 Å². The van der Waals surface area contributed by atoms with Gasteiger partial charge < -0.3 is 35.6 Å². The summed E-state index contributed by atoms with van der Waals surface area (Å²) < 4.78 is 46.7. The molecule has 0 bridgehead atoms. The van der Waals surface area contributed by atoms with Gasteiger partial charge in [-0.1, -0.05) is 48.5 Å². The first kappa shape index (κ1) is 49.2. The predicted molar refractivity (Wildman–Crippen MR) is 256 cm³/mol. The number of anilines is 3. The lowest BCUT2D eigenvalue weighted by atomic mass is 10.0. The number of aliphatic hydroxyl groups excluding tert-OH is 1. The first-order chi connectivity index (χ1) is 32.5. The van der Waals surface area contributed by atoms with E-state index in [1.165, 1.54) is 11.0 Å². The number of thiocarbonyl (C=S) groups is 1. The molecule has 2 aliphatic rings. The average molecular weight is 967 g/mol. The first-order valence-electron chi connectivity index (χ1n) is 21.8. The zero-order valence-corrected chi connectivity index (χ0v) is 39.1. The van der Waals surface area contributed by atoms with Crippen LogP contribution in [-0.4, -0.2) is 94.3 Å². The molecule has 2 fully saturated rings. The van der Waals surface area contributed by atoms with E-state index in [1.807, 2.05) is 67.6 Å². The second-order valence-electron chi connectivity index (χ2n) is 16.9. The summed E-state index contributed by atoms with van der Waals surface area (Å²) in [5.74, 6) is -1.84. The summed E-state index contributed by atoms with van der Waals surface area (Å²) in [6.45, 7) is 5.89. The molecule has 14 nitrogen and oxygen atoms in total. The van der Waals surface area contributed by atoms with Crippen LogP contribution in [0.4, 0.5) is 30.2 Å². The molecule has 0 saturated carbocycles. The van der Waals surface area contributed by atoms with E-state index in [-0.39, 0.29) is 49.4 Å². The van der Waals surface area contributed by atoms with Crippen molar-refractivity contribution in [2.75, 3.05) is 48.0 Å². The minimum atomic E-state index is -4.80. The maximum atomic E-state index is 13.7. The second-order valence-corrected chi connectivity index (χ2v) is 18.1. The number of likely N-dealkylation sites (tertiary alicyclic amines) is 1. The van der Waals surface area contributed by atoms with E-state index in [0.717, 1.165) is 62.0 Å². The highest BCUT2D eigenvalue weighted by Crippen LogP contribution is 2.40. The molecule has 19 heteroatoms. The Bertz CT molecular complexity index is 2710. The third-order valence-electron chi connectivity index (χ3n) is 11.7. The Morgan fingerprint density at radius 2 is 1.62 bits per heavy atom. The molecule has 2 saturated heterocycles. The van der Waals surface area contributed by atoms with Crippen molar-refractivity contribution in [2.45, 2.75) is 70.4 Å². The SMILES string of the molecule is Cc1ncsc1-c1ccc(CNC(=O)[C@@H]2C[C@@H](O)CN2C(=O)CNC(=O)COCCCCNc2ccc(-c3ccc(N4C(=S)N(c5ccc(C#N)c(C(F)(F)F)c5)C(=O)C4(C)C)cc3)cc2)cc1. The standard InChI is InChI=1S/C49H49F3N8O6S2/c1-30-44(68-29-57-30)34-8-6-31(7-9-34)25-56-45(64)41-23-39(61)27-58(41)43(63)26-55-42(62)28-66-21-5-4-20-54-36-15-10-32(11-16-36)33-12-17-37(18-13-33)60-47(67)59(46(65)48(60,2)3)38-19-14-35(24-53)40(22-38)49(50,51)52/h6-19,22,29,39,41,54,61H,4-5,20-21,23,25-28H2,1-3H3,(H,55,62)(H,56,64)/t39-,41+/m1/s1. The smallest absolute Gasteiger partial charge is 0.391 e. The molecule has 0 unspecified atom stereocenters. The molecule has 2 aliphatic heterocycles. The van der Waals surface area contributed by atoms with Crippen LogP contribution in [-0.2, 0) is 36.6 Å². The fourth-order valence-electron chi connectivity index (χ4n) is 8.09. The van der Waals surface area contributed by atoms with E-state index in [4.69, 9.17) is 17.0 Å². The second kappa shape index (κ2) is 21.1. The van der Waals surface area contributed by atoms with Gasteiger partial charge in [0.1, 0.15) is 18.2 Å². The number of alkyl halides is 3. The van der Waals surface area contributed by atoms with Crippen molar-refractivity contribution < 1.29 is 42.2 Å². The number of halogens is 3. The largest absolute Gasteiger partial charge is 0.417 e. The zero-order chi connectivity index (χ0) is 48.8. The summed E-state index contributed by atoms with van der Waals surface area (Å²) in [4.78, 5) is 61.5. The number of aromatic nitrogens is 1. The highest BCUT2D eigenvalue weighted by atomic mass is 32.1. The van der Waals surface area contributed by atoms with Crippen LogP contribution in [0.1, 0.15) is 55.5 Å². The number of aliphatic hydroxyl groups is 1. The monoisotopic (exact) mass is 966 g/mol. The van der Waals surface area contributed by atoms with E-state index < -0.39 is 52.7 Å². The maximum Gasteiger partial charge on any atom is 0.417 e. The van der Waals surface area contributed by atoms with Crippen LogP contribution in [0.15, 0.2) is 96.5 Å². The first-order valence-corrected chi connectivity index (χ1v) is 23.1. The number of ether oxygens (including phenoxy) is 1. The number of thiazole rings is 1. The number of nitrogens with zero attached hydrogens (tertiary/aromatic N) is 5. The van der Waals surface area contributed by atoms with Gasteiger partial charge in [0.05, 0.1) is 51.6 Å². The van der Waals surface area contributed by atoms with Crippen molar-refractivity contribution in [3.8, 4) is 27.6 Å². The zero-order valence-electron chi connectivity index (χ0n) is 37.4. The number of unbranched alkanes of at least 4 members (excludes halogenated alkanes) is 1. The number of nitriles is 1. The van der Waals surface area contributed by atoms with Crippen molar-refractivity contribution >= 4 is 69.4 Å². The van der Waals surface area contributed by atoms with Crippen LogP contribution in [0.2, 0.25) is 0 Å². The normalized spacial score (nSPS) is 16.8. The number of amides is 4. The van der Waals surface area contributed by atoms with Crippen LogP contribution >= 0.6 is 23.6 Å². The Balaban J connectivity index is 0.798. The lowest BCUT2D eigenvalue weighted by Gasteiger charge is -2.29. The third-order valence-corrected chi connectivity index (χ3v) is 13.1. The highest BCUT2D eigenvalue weighted by molar-refractivity contribution is 7.81. The summed E-state index contributed by atoms with van der Waals surface area (Å²) in [6.07, 6.45) is -4.13. The summed E-state index contributed by atoms with van der Waals surface area (Å²) in [5, 5.41) is 28.3. The molecule has 5 aromatic rings. The molecule has 68 heavy (non-hydrogen) atoms. The van der Waals surface area contributed by atoms with Gasteiger partial charge in [-0.15, -0.1) is 11.3 Å². The highest BCUT2D eigenvalue weighted by Gasteiger charge is 2.51. The van der Waals surface area contributed by atoms with Crippen molar-refractivity contribution in [1.29, 1.82) is 5.26 Å². The fraction of sp³-hybridized carbons (Fsp3) is 0.327. The van der Waals surface area contributed by atoms with E-state index in [0.29, 0.717) is 25.3 Å². The molecule has 3 heterocycles. The fourth-order valence-corrected chi connectivity index (χ4v) is 9.43. The van der Waals surface area contributed by atoms with Crippen molar-refractivity contribution in [2.24, 2.45) is 0 Å². The molecule has 4 N–H and O–H groups in total. The number of hydrogen-bond donors (Lipinski definition) is 4. The molecule has 0 aliphatic carbocycles. The Labute approximate surface area is 400 Å². The Hall–Kier alpha value is -6.72. The maximum absolute atomic E-state index is 13.7. The van der Waals surface area contributed by atoms with Gasteiger partial charge in [0.2, 0.25) is 17.7 Å². The molecule has 7 rings (SSSR count). The summed E-state index contributed by atoms with van der Waals surface area (Å²) in [5.41, 5.74) is 4.97. The van der Waals surface area contributed by atoms with Gasteiger partial charge in [0, 0.05) is 44.0 Å². The Morgan fingerprint density at radius 1 is 0.956 bits per heavy atom. The molecule has 2 atom stereocenters. The quantitative estimate of drug-likeness (QED) is 0.0547. The summed E-state index contributed by atoms with van der Waals surface area (Å²) in [6, 6.07) is 26.7. The van der Waals surface area contributed by atoms with Gasteiger partial charge in [0.25, 0.3) is 5.91 Å². The van der Waals surface area contributed by atoms with E-state index >= 15 is 0 Å². The molecule has 354 valence electrons. The molecule has 0 spiro atoms. The van der Waals surface area contributed by atoms with Gasteiger partial charge in [-0.05, 0) is 111 Å². The molecule has 4 aromatic carbocycles. The minimum absolute atomic E-state index is 0.00842. The van der Waals surface area contributed by atoms with Gasteiger partial charge in [-0.2, -0.15) is 18.4 Å². The molecule has 0 radical (unpaired) electrons. The molecular formula is C49H49F3N8O6S2. The molecule has 1 aromatic heterocycles. The molecule has 4 amide bonds. The number of carbonyl (C=O) groups is 4. The minimum Gasteiger partial charge on any atom is -0.391 e. The Morgan fingerprint density at radius 3 is 2.26 bits per heavy atom. The van der Waals surface area contributed by atoms with Crippen LogP contribution in [0, 0.1) is 18.3 Å². The number of carbonyl (C=O) groups excluding carboxylic acids is 4. The van der Waals surface area contributed by atoms with E-state index in [2.05, 4.69) is 20.9 Å². The van der Waals surface area contributed by atoms with Crippen LogP contribution < -0.4 is 25.8 Å². The third kappa shape index (κ3) is 11.2. The number of β-amino-alcohol motifs (C(OH)–C–C–N with tert-alkyl or cyclic N) is 1. The van der Waals surface area contributed by atoms with Gasteiger partial charge in [-0.25, -0.2) is 4.98 Å². The number of aryl methyl sites for hydroxylation is 1. The van der Waals surface area contributed by atoms with E-state index in [1.54, 1.807) is 53.8 Å². The summed E-state index contributed by atoms with van der Waals surface area (Å²) >= 11 is 7.22. The van der Waals surface area contributed by atoms with Gasteiger partial charge in [-0.3, -0.25) is 24.1 Å². The number of benzene rings is 4. The lowest BCUT2D eigenvalue weighted by Crippen LogP contribution is -2.49. The number of hydrogen-bond acceptors (Lipinski definition) is 11. The number of nitrogens with one attached hydrogen (secondary N) is 3. The van der Waals surface area contributed by atoms with Crippen molar-refractivity contribution in [1.82, 2.24) is 20.5 Å².